The number of aromatic carboxylic acids is 1. The van der Waals surface area contributed by atoms with E-state index in [9.17, 15) is 19.7 Å². The lowest BCUT2D eigenvalue weighted by Gasteiger charge is -2.14. The smallest absolute Gasteiger partial charge is 0.408 e. The quantitative estimate of drug-likeness (QED) is 0.598. The molecule has 86 valence electrons. The molecular weight excluding hydrogens is 228 g/mol. The van der Waals surface area contributed by atoms with E-state index in [1.54, 1.807) is 0 Å². The summed E-state index contributed by atoms with van der Waals surface area (Å²) in [6.07, 6.45) is 0.0529. The second-order valence-electron chi connectivity index (χ2n) is 3.23. The number of aldehydes is 1. The van der Waals surface area contributed by atoms with Crippen LogP contribution in [0.2, 0.25) is 0 Å². The second-order valence-corrected chi connectivity index (χ2v) is 3.23. The van der Waals surface area contributed by atoms with Crippen LogP contribution in [0.4, 0.5) is 0 Å². The predicted molar refractivity (Wildman–Crippen MR) is 56.4 cm³/mol. The van der Waals surface area contributed by atoms with Crippen molar-refractivity contribution >= 4 is 23.3 Å². The van der Waals surface area contributed by atoms with Crippen molar-refractivity contribution in [3.63, 3.8) is 0 Å². The fourth-order valence-electron chi connectivity index (χ4n) is 1.56. The molecule has 0 radical (unpaired) electrons. The Morgan fingerprint density at radius 3 is 2.65 bits per heavy atom. The molecule has 1 aromatic carbocycles. The zero-order chi connectivity index (χ0) is 12.6. The van der Waals surface area contributed by atoms with Crippen LogP contribution in [-0.2, 0) is 0 Å². The van der Waals surface area contributed by atoms with Crippen LogP contribution in [0.3, 0.4) is 0 Å². The molecule has 7 nitrogen and oxygen atoms in total. The van der Waals surface area contributed by atoms with Gasteiger partial charge in [0, 0.05) is 11.0 Å². The molecule has 7 heteroatoms. The van der Waals surface area contributed by atoms with Crippen molar-refractivity contribution in [2.45, 2.75) is 0 Å². The summed E-state index contributed by atoms with van der Waals surface area (Å²) >= 11 is 0. The van der Waals surface area contributed by atoms with Gasteiger partial charge in [0.15, 0.2) is 12.0 Å². The van der Waals surface area contributed by atoms with Gasteiger partial charge < -0.3 is 15.0 Å². The Bertz CT molecular complexity index is 689. The molecule has 1 N–H and O–H groups in total. The van der Waals surface area contributed by atoms with Gasteiger partial charge in [-0.25, -0.2) is 4.79 Å². The lowest BCUT2D eigenvalue weighted by Crippen LogP contribution is -2.31. The fraction of sp³-hybridized carbons (Fsp3) is 0. The molecule has 0 fully saturated rings. The minimum atomic E-state index is -1.63. The number of nitrogens with zero attached hydrogens (tertiary/aromatic N) is 2. The first-order chi connectivity index (χ1) is 8.07. The molecule has 2 aromatic rings. The molecule has 0 saturated carbocycles. The number of para-hydroxylation sites is 2. The maximum atomic E-state index is 11.7. The SMILES string of the molecule is O=Cc1c(C(=O)O)[n+](=O)c2ccccc2n1[O-]. The van der Waals surface area contributed by atoms with Crippen molar-refractivity contribution in [1.82, 2.24) is 4.73 Å². The number of benzene rings is 1. The molecule has 0 unspecified atom stereocenters. The summed E-state index contributed by atoms with van der Waals surface area (Å²) in [4.78, 5) is 33.3. The Morgan fingerprint density at radius 2 is 2.06 bits per heavy atom. The zero-order valence-corrected chi connectivity index (χ0v) is 8.36. The van der Waals surface area contributed by atoms with Gasteiger partial charge in [0.2, 0.25) is 0 Å². The van der Waals surface area contributed by atoms with Gasteiger partial charge in [-0.2, -0.15) is 0 Å². The third kappa shape index (κ3) is 1.44. The minimum absolute atomic E-state index is 0.0529. The van der Waals surface area contributed by atoms with E-state index in [2.05, 4.69) is 0 Å². The number of carbonyl (C=O) groups excluding carboxylic acids is 1. The average molecular weight is 234 g/mol. The highest BCUT2D eigenvalue weighted by Crippen LogP contribution is 2.12. The summed E-state index contributed by atoms with van der Waals surface area (Å²) in [7, 11) is 0. The van der Waals surface area contributed by atoms with E-state index in [4.69, 9.17) is 5.11 Å². The van der Waals surface area contributed by atoms with E-state index in [0.717, 1.165) is 0 Å². The van der Waals surface area contributed by atoms with E-state index >= 15 is 0 Å². The van der Waals surface area contributed by atoms with Crippen LogP contribution in [0, 0.1) is 10.1 Å². The number of carbonyl (C=O) groups is 2. The average Bonchev–Trinajstić information content (AvgIpc) is 2.33. The summed E-state index contributed by atoms with van der Waals surface area (Å²) in [6.45, 7) is 0. The standard InChI is InChI=1S/C10H6N2O5/c13-5-8-9(10(14)15)12(17)7-4-2-1-3-6(7)11(8)16/h1-5H,(H,14,15). The van der Waals surface area contributed by atoms with Crippen LogP contribution >= 0.6 is 0 Å². The molecule has 0 aliphatic rings. The van der Waals surface area contributed by atoms with Crippen molar-refractivity contribution in [1.29, 1.82) is 0 Å². The van der Waals surface area contributed by atoms with Crippen molar-refractivity contribution < 1.29 is 19.1 Å². The zero-order valence-electron chi connectivity index (χ0n) is 8.36. The van der Waals surface area contributed by atoms with Gasteiger partial charge in [0.25, 0.3) is 5.52 Å². The molecule has 2 rings (SSSR count). The first-order valence-electron chi connectivity index (χ1n) is 4.54. The number of aromatic nitrogens is 2. The summed E-state index contributed by atoms with van der Waals surface area (Å²) in [5, 5.41) is 20.5. The van der Waals surface area contributed by atoms with Crippen LogP contribution in [0.25, 0.3) is 11.0 Å². The predicted octanol–water partition coefficient (Wildman–Crippen LogP) is 0.412. The van der Waals surface area contributed by atoms with Gasteiger partial charge in [0.1, 0.15) is 5.52 Å². The number of carboxylic acid groups (broad SMARTS) is 1. The molecular formula is C10H6N2O5. The van der Waals surface area contributed by atoms with Gasteiger partial charge >= 0.3 is 11.7 Å². The lowest BCUT2D eigenvalue weighted by atomic mass is 10.2. The van der Waals surface area contributed by atoms with Crippen LogP contribution in [-0.4, -0.2) is 22.1 Å². The third-order valence-corrected chi connectivity index (χ3v) is 2.30. The van der Waals surface area contributed by atoms with Crippen LogP contribution < -0.4 is 4.43 Å². The van der Waals surface area contributed by atoms with Gasteiger partial charge in [-0.05, 0) is 6.07 Å². The highest BCUT2D eigenvalue weighted by atomic mass is 16.5. The van der Waals surface area contributed by atoms with Gasteiger partial charge in [-0.1, -0.05) is 12.1 Å². The highest BCUT2D eigenvalue weighted by molar-refractivity contribution is 5.94. The molecule has 0 saturated heterocycles. The molecule has 1 aromatic heterocycles. The molecule has 0 amide bonds. The third-order valence-electron chi connectivity index (χ3n) is 2.30. The van der Waals surface area contributed by atoms with Crippen LogP contribution in [0.5, 0.6) is 0 Å². The maximum Gasteiger partial charge on any atom is 0.408 e. The monoisotopic (exact) mass is 234 g/mol. The molecule has 0 bridgehead atoms. The Labute approximate surface area is 93.7 Å². The Morgan fingerprint density at radius 1 is 1.41 bits per heavy atom. The van der Waals surface area contributed by atoms with Crippen molar-refractivity contribution in [3.8, 4) is 0 Å². The van der Waals surface area contributed by atoms with E-state index < -0.39 is 17.4 Å². The number of carboxylic acids is 1. The minimum Gasteiger partial charge on any atom is -0.805 e. The normalized spacial score (nSPS) is 10.4. The molecule has 0 spiro atoms. The van der Waals surface area contributed by atoms with Crippen molar-refractivity contribution in [3.05, 3.63) is 45.8 Å². The van der Waals surface area contributed by atoms with E-state index in [-0.39, 0.29) is 26.5 Å². The van der Waals surface area contributed by atoms with Crippen molar-refractivity contribution in [2.24, 2.45) is 0 Å². The summed E-state index contributed by atoms with van der Waals surface area (Å²) < 4.78 is 0.204. The van der Waals surface area contributed by atoms with E-state index in [1.807, 2.05) is 0 Å². The topological polar surface area (TPSA) is 105 Å². The Balaban J connectivity index is 3.10. The number of hydrogen-bond donors (Lipinski definition) is 1. The van der Waals surface area contributed by atoms with Crippen LogP contribution in [0.1, 0.15) is 21.0 Å². The van der Waals surface area contributed by atoms with Gasteiger partial charge in [-0.15, -0.1) is 0 Å². The summed E-state index contributed by atoms with van der Waals surface area (Å²) in [5.74, 6) is -1.63. The van der Waals surface area contributed by atoms with Gasteiger partial charge in [-0.3, -0.25) is 4.79 Å². The van der Waals surface area contributed by atoms with E-state index in [0.29, 0.717) is 0 Å². The second kappa shape index (κ2) is 3.71. The summed E-state index contributed by atoms with van der Waals surface area (Å²) in [6, 6.07) is 5.63. The largest absolute Gasteiger partial charge is 0.805 e. The first kappa shape index (κ1) is 10.8. The molecule has 17 heavy (non-hydrogen) atoms. The number of rotatable bonds is 2. The van der Waals surface area contributed by atoms with E-state index in [1.165, 1.54) is 24.3 Å². The number of fused-ring (bicyclic) bond motifs is 1. The molecule has 0 atom stereocenters. The molecule has 1 heterocycles. The summed E-state index contributed by atoms with van der Waals surface area (Å²) in [5.41, 5.74) is -1.76. The molecule has 0 aliphatic heterocycles. The first-order valence-corrected chi connectivity index (χ1v) is 4.54. The van der Waals surface area contributed by atoms with Crippen LogP contribution in [0.15, 0.2) is 24.3 Å². The fourth-order valence-corrected chi connectivity index (χ4v) is 1.56. The molecule has 0 aliphatic carbocycles. The Kier molecular flexibility index (Phi) is 2.36. The Hall–Kier alpha value is -2.70. The maximum absolute atomic E-state index is 11.7. The van der Waals surface area contributed by atoms with Crippen molar-refractivity contribution in [2.75, 3.05) is 0 Å². The van der Waals surface area contributed by atoms with Gasteiger partial charge in [0.05, 0.1) is 4.43 Å². The lowest BCUT2D eigenvalue weighted by molar-refractivity contribution is -0.469. The number of hydrogen-bond acceptors (Lipinski definition) is 4. The highest BCUT2D eigenvalue weighted by Gasteiger charge is 2.28.